The van der Waals surface area contributed by atoms with E-state index in [2.05, 4.69) is 15.1 Å². The maximum atomic E-state index is 11.7. The minimum absolute atomic E-state index is 0.00456. The minimum Gasteiger partial charge on any atom is -0.370 e. The molecule has 1 heterocycles. The van der Waals surface area contributed by atoms with Crippen LogP contribution < -0.4 is 21.7 Å². The Bertz CT molecular complexity index is 502. The zero-order valence-electron chi connectivity index (χ0n) is 8.88. The third-order valence-corrected chi connectivity index (χ3v) is 3.31. The van der Waals surface area contributed by atoms with Crippen LogP contribution in [0.1, 0.15) is 6.42 Å². The summed E-state index contributed by atoms with van der Waals surface area (Å²) in [5.74, 6) is 4.76. The molecule has 1 aromatic heterocycles. The van der Waals surface area contributed by atoms with Crippen molar-refractivity contribution in [2.24, 2.45) is 11.6 Å². The van der Waals surface area contributed by atoms with E-state index in [1.54, 1.807) is 0 Å². The van der Waals surface area contributed by atoms with Gasteiger partial charge in [0.2, 0.25) is 15.9 Å². The Hall–Kier alpha value is -1.71. The molecule has 0 radical (unpaired) electrons. The Balaban J connectivity index is 2.78. The number of amides is 1. The lowest BCUT2D eigenvalue weighted by Crippen LogP contribution is -2.28. The van der Waals surface area contributed by atoms with Gasteiger partial charge in [0.05, 0.1) is 4.90 Å². The summed E-state index contributed by atoms with van der Waals surface area (Å²) in [4.78, 5) is 14.3. The van der Waals surface area contributed by atoms with Crippen LogP contribution in [0.15, 0.2) is 23.2 Å². The molecule has 0 saturated heterocycles. The standard InChI is InChI=1S/C8H13N5O3S/c9-7(14)2-4-12-17(15,16)6-1-3-11-8(5-6)13-10/h1,3,5,12H,2,4,10H2,(H2,9,14)(H,11,13). The fourth-order valence-corrected chi connectivity index (χ4v) is 2.09. The van der Waals surface area contributed by atoms with E-state index < -0.39 is 15.9 Å². The highest BCUT2D eigenvalue weighted by molar-refractivity contribution is 7.89. The smallest absolute Gasteiger partial charge is 0.240 e. The topological polar surface area (TPSA) is 140 Å². The first-order chi connectivity index (χ1) is 7.95. The molecule has 0 spiro atoms. The maximum absolute atomic E-state index is 11.7. The highest BCUT2D eigenvalue weighted by Gasteiger charge is 2.14. The first-order valence-corrected chi connectivity index (χ1v) is 6.14. The molecule has 0 fully saturated rings. The van der Waals surface area contributed by atoms with Crippen LogP contribution in [0.4, 0.5) is 5.82 Å². The van der Waals surface area contributed by atoms with Gasteiger partial charge in [0.15, 0.2) is 0 Å². The molecule has 0 aliphatic carbocycles. The van der Waals surface area contributed by atoms with Crippen molar-refractivity contribution >= 4 is 21.7 Å². The molecule has 0 aliphatic rings. The summed E-state index contributed by atoms with van der Waals surface area (Å²) in [5, 5.41) is 0. The van der Waals surface area contributed by atoms with E-state index in [4.69, 9.17) is 11.6 Å². The number of primary amides is 1. The summed E-state index contributed by atoms with van der Waals surface area (Å²) in [6.07, 6.45) is 1.24. The van der Waals surface area contributed by atoms with Crippen molar-refractivity contribution < 1.29 is 13.2 Å². The van der Waals surface area contributed by atoms with Crippen molar-refractivity contribution in [1.29, 1.82) is 0 Å². The van der Waals surface area contributed by atoms with Gasteiger partial charge < -0.3 is 11.2 Å². The van der Waals surface area contributed by atoms with Gasteiger partial charge in [-0.05, 0) is 6.07 Å². The average molecular weight is 259 g/mol. The number of sulfonamides is 1. The molecule has 0 atom stereocenters. The van der Waals surface area contributed by atoms with E-state index in [0.29, 0.717) is 0 Å². The molecule has 0 saturated carbocycles. The van der Waals surface area contributed by atoms with E-state index in [-0.39, 0.29) is 23.7 Å². The van der Waals surface area contributed by atoms with Crippen molar-refractivity contribution in [3.63, 3.8) is 0 Å². The Morgan fingerprint density at radius 1 is 1.47 bits per heavy atom. The number of carbonyl (C=O) groups excluding carboxylic acids is 1. The predicted octanol–water partition coefficient (Wildman–Crippen LogP) is -1.48. The van der Waals surface area contributed by atoms with Crippen LogP contribution in [-0.4, -0.2) is 25.9 Å². The molecular weight excluding hydrogens is 246 g/mol. The zero-order chi connectivity index (χ0) is 12.9. The lowest BCUT2D eigenvalue weighted by Gasteiger charge is -2.06. The molecule has 94 valence electrons. The second-order valence-electron chi connectivity index (χ2n) is 3.14. The van der Waals surface area contributed by atoms with Crippen LogP contribution in [0.3, 0.4) is 0 Å². The van der Waals surface area contributed by atoms with Crippen LogP contribution in [-0.2, 0) is 14.8 Å². The minimum atomic E-state index is -3.68. The van der Waals surface area contributed by atoms with Gasteiger partial charge in [0.1, 0.15) is 5.82 Å². The van der Waals surface area contributed by atoms with Crippen LogP contribution in [0.25, 0.3) is 0 Å². The number of nitrogens with one attached hydrogen (secondary N) is 2. The van der Waals surface area contributed by atoms with Crippen LogP contribution >= 0.6 is 0 Å². The number of hydrogen-bond donors (Lipinski definition) is 4. The summed E-state index contributed by atoms with van der Waals surface area (Å²) in [7, 11) is -3.68. The Morgan fingerprint density at radius 3 is 2.76 bits per heavy atom. The van der Waals surface area contributed by atoms with Gasteiger partial charge in [-0.1, -0.05) is 0 Å². The highest BCUT2D eigenvalue weighted by Crippen LogP contribution is 2.11. The maximum Gasteiger partial charge on any atom is 0.240 e. The fraction of sp³-hybridized carbons (Fsp3) is 0.250. The van der Waals surface area contributed by atoms with Gasteiger partial charge in [-0.25, -0.2) is 24.0 Å². The largest absolute Gasteiger partial charge is 0.370 e. The molecule has 9 heteroatoms. The average Bonchev–Trinajstić information content (AvgIpc) is 2.28. The van der Waals surface area contributed by atoms with Crippen molar-refractivity contribution in [1.82, 2.24) is 9.71 Å². The van der Waals surface area contributed by atoms with Crippen LogP contribution in [0.5, 0.6) is 0 Å². The van der Waals surface area contributed by atoms with E-state index in [1.165, 1.54) is 18.3 Å². The van der Waals surface area contributed by atoms with Gasteiger partial charge in [0.25, 0.3) is 0 Å². The molecule has 6 N–H and O–H groups in total. The van der Waals surface area contributed by atoms with Crippen molar-refractivity contribution in [3.05, 3.63) is 18.3 Å². The molecule has 0 aliphatic heterocycles. The highest BCUT2D eigenvalue weighted by atomic mass is 32.2. The summed E-state index contributed by atoms with van der Waals surface area (Å²) in [6.45, 7) is -0.0502. The van der Waals surface area contributed by atoms with E-state index in [1.807, 2.05) is 0 Å². The number of nitrogen functional groups attached to an aromatic ring is 1. The molecule has 1 rings (SSSR count). The lowest BCUT2D eigenvalue weighted by atomic mass is 10.4. The Kier molecular flexibility index (Phi) is 4.37. The molecule has 1 aromatic rings. The number of nitrogens with zero attached hydrogens (tertiary/aromatic N) is 1. The van der Waals surface area contributed by atoms with Gasteiger partial charge in [0, 0.05) is 25.2 Å². The number of rotatable bonds is 6. The molecule has 0 bridgehead atoms. The fourth-order valence-electron chi connectivity index (χ4n) is 1.05. The molecule has 1 amide bonds. The summed E-state index contributed by atoms with van der Waals surface area (Å²) >= 11 is 0. The number of carbonyl (C=O) groups is 1. The van der Waals surface area contributed by atoms with Gasteiger partial charge >= 0.3 is 0 Å². The molecular formula is C8H13N5O3S. The summed E-state index contributed by atoms with van der Waals surface area (Å²) in [5.41, 5.74) is 7.13. The summed E-state index contributed by atoms with van der Waals surface area (Å²) < 4.78 is 25.7. The lowest BCUT2D eigenvalue weighted by molar-refractivity contribution is -0.117. The molecule has 17 heavy (non-hydrogen) atoms. The number of pyridine rings is 1. The first-order valence-electron chi connectivity index (χ1n) is 4.66. The van der Waals surface area contributed by atoms with E-state index in [9.17, 15) is 13.2 Å². The van der Waals surface area contributed by atoms with Gasteiger partial charge in [-0.2, -0.15) is 0 Å². The molecule has 0 unspecified atom stereocenters. The van der Waals surface area contributed by atoms with Crippen LogP contribution in [0.2, 0.25) is 0 Å². The third-order valence-electron chi connectivity index (χ3n) is 1.85. The quantitative estimate of drug-likeness (QED) is 0.363. The molecule has 8 nitrogen and oxygen atoms in total. The van der Waals surface area contributed by atoms with Crippen molar-refractivity contribution in [3.8, 4) is 0 Å². The predicted molar refractivity (Wildman–Crippen MR) is 61.0 cm³/mol. The zero-order valence-corrected chi connectivity index (χ0v) is 9.70. The van der Waals surface area contributed by atoms with Crippen LogP contribution in [0, 0.1) is 0 Å². The second kappa shape index (κ2) is 5.57. The monoisotopic (exact) mass is 259 g/mol. The second-order valence-corrected chi connectivity index (χ2v) is 4.90. The first kappa shape index (κ1) is 13.4. The Morgan fingerprint density at radius 2 is 2.18 bits per heavy atom. The number of nitrogens with two attached hydrogens (primary N) is 2. The van der Waals surface area contributed by atoms with E-state index in [0.717, 1.165) is 0 Å². The molecule has 0 aromatic carbocycles. The summed E-state index contributed by atoms with van der Waals surface area (Å²) in [6, 6.07) is 2.58. The number of aromatic nitrogens is 1. The Labute approximate surface area is 98.4 Å². The van der Waals surface area contributed by atoms with Gasteiger partial charge in [-0.15, -0.1) is 0 Å². The van der Waals surface area contributed by atoms with Crippen molar-refractivity contribution in [2.45, 2.75) is 11.3 Å². The SMILES string of the molecule is NNc1cc(S(=O)(=O)NCCC(N)=O)ccn1. The van der Waals surface area contributed by atoms with E-state index >= 15 is 0 Å². The van der Waals surface area contributed by atoms with Crippen molar-refractivity contribution in [2.75, 3.05) is 12.0 Å². The number of hydrogen-bond acceptors (Lipinski definition) is 6. The number of anilines is 1. The number of hydrazine groups is 1. The third kappa shape index (κ3) is 3.98. The normalized spacial score (nSPS) is 11.1. The van der Waals surface area contributed by atoms with Gasteiger partial charge in [-0.3, -0.25) is 4.79 Å².